The zero-order valence-corrected chi connectivity index (χ0v) is 9.08. The quantitative estimate of drug-likeness (QED) is 0.684. The van der Waals surface area contributed by atoms with Crippen LogP contribution in [0.4, 0.5) is 0 Å². The number of aromatic hydroxyl groups is 1. The molecule has 0 aliphatic heterocycles. The van der Waals surface area contributed by atoms with Gasteiger partial charge in [-0.2, -0.15) is 0 Å². The molecule has 1 saturated carbocycles. The van der Waals surface area contributed by atoms with Crippen molar-refractivity contribution in [2.24, 2.45) is 11.8 Å². The molecule has 2 unspecified atom stereocenters. The van der Waals surface area contributed by atoms with Gasteiger partial charge in [-0.05, 0) is 60.8 Å². The van der Waals surface area contributed by atoms with Crippen molar-refractivity contribution < 1.29 is 5.11 Å². The van der Waals surface area contributed by atoms with Crippen molar-refractivity contribution in [3.63, 3.8) is 0 Å². The van der Waals surface area contributed by atoms with Crippen LogP contribution in [0.1, 0.15) is 36.8 Å². The van der Waals surface area contributed by atoms with Crippen LogP contribution in [0.2, 0.25) is 0 Å². The third kappa shape index (κ3) is 1.64. The second-order valence-corrected chi connectivity index (χ2v) is 5.17. The lowest BCUT2D eigenvalue weighted by Gasteiger charge is -2.36. The Balaban J connectivity index is 1.92. The van der Waals surface area contributed by atoms with Crippen LogP contribution >= 0.6 is 0 Å². The molecule has 0 radical (unpaired) electrons. The van der Waals surface area contributed by atoms with E-state index in [0.29, 0.717) is 5.75 Å². The van der Waals surface area contributed by atoms with E-state index in [1.165, 1.54) is 49.7 Å². The van der Waals surface area contributed by atoms with E-state index in [-0.39, 0.29) is 0 Å². The maximum atomic E-state index is 9.48. The van der Waals surface area contributed by atoms with E-state index in [1.807, 2.05) is 12.1 Å². The first-order valence-electron chi connectivity index (χ1n) is 6.14. The highest BCUT2D eigenvalue weighted by molar-refractivity contribution is 5.37. The molecule has 1 nitrogen and oxygen atoms in total. The number of benzene rings is 1. The Kier molecular flexibility index (Phi) is 2.19. The normalized spacial score (nSPS) is 29.3. The summed E-state index contributed by atoms with van der Waals surface area (Å²) < 4.78 is 0. The Morgan fingerprint density at radius 3 is 2.33 bits per heavy atom. The molecule has 0 heterocycles. The predicted molar refractivity (Wildman–Crippen MR) is 61.0 cm³/mol. The molecular formula is C14H18O. The topological polar surface area (TPSA) is 20.2 Å². The van der Waals surface area contributed by atoms with Gasteiger partial charge in [0.2, 0.25) is 0 Å². The van der Waals surface area contributed by atoms with Crippen LogP contribution in [0.25, 0.3) is 0 Å². The van der Waals surface area contributed by atoms with E-state index in [4.69, 9.17) is 0 Å². The summed E-state index contributed by atoms with van der Waals surface area (Å²) in [4.78, 5) is 0. The zero-order valence-electron chi connectivity index (χ0n) is 9.08. The van der Waals surface area contributed by atoms with Gasteiger partial charge in [-0.3, -0.25) is 0 Å². The second kappa shape index (κ2) is 3.55. The molecule has 15 heavy (non-hydrogen) atoms. The van der Waals surface area contributed by atoms with Crippen LogP contribution in [0.5, 0.6) is 5.75 Å². The maximum absolute atomic E-state index is 9.48. The summed E-state index contributed by atoms with van der Waals surface area (Å²) in [5.41, 5.74) is 2.88. The molecule has 0 amide bonds. The summed E-state index contributed by atoms with van der Waals surface area (Å²) in [5.74, 6) is 2.26. The standard InChI is InChI=1S/C14H18O/c15-14-6-5-12-7-10-3-1-2-4-11(10)8-13(12)9-14/h5-6,9-11,15H,1-4,7-8H2. The van der Waals surface area contributed by atoms with E-state index >= 15 is 0 Å². The zero-order chi connectivity index (χ0) is 10.3. The highest BCUT2D eigenvalue weighted by atomic mass is 16.3. The summed E-state index contributed by atoms with van der Waals surface area (Å²) in [6.07, 6.45) is 8.11. The van der Waals surface area contributed by atoms with Crippen LogP contribution in [-0.2, 0) is 12.8 Å². The minimum atomic E-state index is 0.433. The third-order valence-electron chi connectivity index (χ3n) is 4.22. The van der Waals surface area contributed by atoms with E-state index in [9.17, 15) is 5.11 Å². The lowest BCUT2D eigenvalue weighted by molar-refractivity contribution is 0.220. The average molecular weight is 202 g/mol. The first-order valence-corrected chi connectivity index (χ1v) is 6.14. The van der Waals surface area contributed by atoms with E-state index in [0.717, 1.165) is 11.8 Å². The van der Waals surface area contributed by atoms with Crippen LogP contribution < -0.4 is 0 Å². The minimum absolute atomic E-state index is 0.433. The fourth-order valence-corrected chi connectivity index (χ4v) is 3.39. The molecule has 2 aliphatic rings. The number of hydrogen-bond donors (Lipinski definition) is 1. The lowest BCUT2D eigenvalue weighted by Crippen LogP contribution is -2.28. The fraction of sp³-hybridized carbons (Fsp3) is 0.571. The van der Waals surface area contributed by atoms with Crippen molar-refractivity contribution in [1.82, 2.24) is 0 Å². The monoisotopic (exact) mass is 202 g/mol. The number of fused-ring (bicyclic) bond motifs is 2. The van der Waals surface area contributed by atoms with Crippen LogP contribution in [0.3, 0.4) is 0 Å². The molecule has 0 aromatic heterocycles. The molecule has 1 N–H and O–H groups in total. The van der Waals surface area contributed by atoms with Gasteiger partial charge in [0.15, 0.2) is 0 Å². The maximum Gasteiger partial charge on any atom is 0.115 e. The lowest BCUT2D eigenvalue weighted by atomic mass is 9.69. The fourth-order valence-electron chi connectivity index (χ4n) is 3.39. The van der Waals surface area contributed by atoms with E-state index < -0.39 is 0 Å². The number of phenols is 1. The molecule has 0 spiro atoms. The summed E-state index contributed by atoms with van der Waals surface area (Å²) >= 11 is 0. The molecule has 2 aliphatic carbocycles. The van der Waals surface area contributed by atoms with Crippen LogP contribution in [0.15, 0.2) is 18.2 Å². The molecule has 1 heteroatoms. The van der Waals surface area contributed by atoms with Gasteiger partial charge in [-0.25, -0.2) is 0 Å². The summed E-state index contributed by atoms with van der Waals surface area (Å²) in [6, 6.07) is 5.93. The SMILES string of the molecule is Oc1ccc2c(c1)CC1CCCCC1C2. The Hall–Kier alpha value is -0.980. The Bertz CT molecular complexity index is 370. The first kappa shape index (κ1) is 9.26. The van der Waals surface area contributed by atoms with Gasteiger partial charge in [-0.1, -0.05) is 18.9 Å². The van der Waals surface area contributed by atoms with E-state index in [1.54, 1.807) is 0 Å². The van der Waals surface area contributed by atoms with Gasteiger partial charge in [0.25, 0.3) is 0 Å². The van der Waals surface area contributed by atoms with Gasteiger partial charge in [0, 0.05) is 0 Å². The van der Waals surface area contributed by atoms with Gasteiger partial charge in [0.1, 0.15) is 5.75 Å². The Labute approximate surface area is 91.1 Å². The van der Waals surface area contributed by atoms with Crippen molar-refractivity contribution in [2.75, 3.05) is 0 Å². The van der Waals surface area contributed by atoms with Crippen molar-refractivity contribution in [3.8, 4) is 5.75 Å². The smallest absolute Gasteiger partial charge is 0.115 e. The van der Waals surface area contributed by atoms with Crippen molar-refractivity contribution in [1.29, 1.82) is 0 Å². The third-order valence-corrected chi connectivity index (χ3v) is 4.22. The highest BCUT2D eigenvalue weighted by Gasteiger charge is 2.30. The van der Waals surface area contributed by atoms with Gasteiger partial charge >= 0.3 is 0 Å². The molecule has 3 rings (SSSR count). The van der Waals surface area contributed by atoms with Crippen LogP contribution in [-0.4, -0.2) is 5.11 Å². The number of phenolic OH excluding ortho intramolecular Hbond substituents is 1. The molecule has 1 aromatic carbocycles. The number of hydrogen-bond acceptors (Lipinski definition) is 1. The molecule has 1 fully saturated rings. The Morgan fingerprint density at radius 2 is 1.60 bits per heavy atom. The highest BCUT2D eigenvalue weighted by Crippen LogP contribution is 2.40. The van der Waals surface area contributed by atoms with Gasteiger partial charge < -0.3 is 5.11 Å². The molecule has 2 atom stereocenters. The summed E-state index contributed by atoms with van der Waals surface area (Å²) in [6.45, 7) is 0. The van der Waals surface area contributed by atoms with Crippen molar-refractivity contribution in [2.45, 2.75) is 38.5 Å². The molecule has 0 saturated heterocycles. The van der Waals surface area contributed by atoms with Gasteiger partial charge in [-0.15, -0.1) is 0 Å². The van der Waals surface area contributed by atoms with E-state index in [2.05, 4.69) is 6.07 Å². The first-order chi connectivity index (χ1) is 7.33. The summed E-state index contributed by atoms with van der Waals surface area (Å²) in [5, 5.41) is 9.48. The average Bonchev–Trinajstić information content (AvgIpc) is 2.26. The molecule has 0 bridgehead atoms. The largest absolute Gasteiger partial charge is 0.508 e. The number of rotatable bonds is 0. The minimum Gasteiger partial charge on any atom is -0.508 e. The Morgan fingerprint density at radius 1 is 0.933 bits per heavy atom. The molecular weight excluding hydrogens is 184 g/mol. The van der Waals surface area contributed by atoms with Crippen molar-refractivity contribution >= 4 is 0 Å². The molecule has 1 aromatic rings. The summed E-state index contributed by atoms with van der Waals surface area (Å²) in [7, 11) is 0. The molecule has 80 valence electrons. The second-order valence-electron chi connectivity index (χ2n) is 5.17. The van der Waals surface area contributed by atoms with Crippen LogP contribution in [0, 0.1) is 11.8 Å². The van der Waals surface area contributed by atoms with Crippen molar-refractivity contribution in [3.05, 3.63) is 29.3 Å². The van der Waals surface area contributed by atoms with Gasteiger partial charge in [0.05, 0.1) is 0 Å². The predicted octanol–water partition coefficient (Wildman–Crippen LogP) is 3.30.